The number of hydrogen-bond donors (Lipinski definition) is 0. The molecule has 14 aromatic rings. The number of hydrogen-bond acceptors (Lipinski definition) is 6. The second-order valence-corrected chi connectivity index (χ2v) is 16.8. The van der Waals surface area contributed by atoms with E-state index in [0.29, 0.717) is 23.8 Å². The van der Waals surface area contributed by atoms with Crippen LogP contribution in [-0.2, 0) is 7.05 Å². The average Bonchev–Trinajstić information content (AvgIpc) is 4.12. The zero-order valence-corrected chi connectivity index (χ0v) is 35.9. The Bertz CT molecular complexity index is 4060. The highest BCUT2D eigenvalue weighted by Gasteiger charge is 2.33. The van der Waals surface area contributed by atoms with Crippen LogP contribution < -0.4 is 4.57 Å². The van der Waals surface area contributed by atoms with Gasteiger partial charge < -0.3 is 0 Å². The monoisotopic (exact) mass is 863 g/mol. The van der Waals surface area contributed by atoms with E-state index in [0.717, 1.165) is 87.2 Å². The largest absolute Gasteiger partial charge is 0.364 e. The van der Waals surface area contributed by atoms with Crippen molar-refractivity contribution in [2.24, 2.45) is 7.05 Å². The highest BCUT2D eigenvalue weighted by molar-refractivity contribution is 6.12. The topological polar surface area (TPSA) is 105 Å². The maximum atomic E-state index is 16.0. The molecule has 0 atom stereocenters. The molecule has 0 radical (unpaired) electrons. The third-order valence-corrected chi connectivity index (χ3v) is 13.2. The molecule has 11 nitrogen and oxygen atoms in total. The smallest absolute Gasteiger partial charge is 0.279 e. The van der Waals surface area contributed by atoms with Gasteiger partial charge in [-0.2, -0.15) is 15.0 Å². The standard InChI is InChI=1S/C56H35N10O/c1-62-52(59-55(65-46-30-14-6-22-38(46)39-23-7-15-31-47(39)65)61-56(62)66-48-32-16-8-24-40(48)41-25-9-17-33-49(41)66)50(67)51-57-53(63-42-26-10-2-18-34(42)35-19-3-11-27-43(35)63)60-54(58-51)64-44-28-12-4-20-36(44)37-21-5-13-29-45(37)64/h2-33H,1H3/q+1. The highest BCUT2D eigenvalue weighted by Crippen LogP contribution is 2.36. The first kappa shape index (κ1) is 37.1. The van der Waals surface area contributed by atoms with E-state index in [1.165, 1.54) is 0 Å². The number of aromatic nitrogens is 10. The predicted octanol–water partition coefficient (Wildman–Crippen LogP) is 11.1. The predicted molar refractivity (Wildman–Crippen MR) is 264 cm³/mol. The van der Waals surface area contributed by atoms with Gasteiger partial charge in [0.25, 0.3) is 11.6 Å². The first-order valence-corrected chi connectivity index (χ1v) is 22.1. The maximum Gasteiger partial charge on any atom is 0.364 e. The minimum atomic E-state index is -0.500. The highest BCUT2D eigenvalue weighted by atomic mass is 16.1. The van der Waals surface area contributed by atoms with Gasteiger partial charge in [0.05, 0.1) is 40.1 Å². The molecular weight excluding hydrogens is 829 g/mol. The first-order valence-electron chi connectivity index (χ1n) is 22.1. The Labute approximate surface area is 380 Å². The number of ketones is 1. The van der Waals surface area contributed by atoms with Crippen LogP contribution in [0.25, 0.3) is 111 Å². The van der Waals surface area contributed by atoms with Crippen LogP contribution in [0.1, 0.15) is 16.4 Å². The van der Waals surface area contributed by atoms with Crippen molar-refractivity contribution in [1.82, 2.24) is 43.2 Å². The Morgan fingerprint density at radius 1 is 0.328 bits per heavy atom. The van der Waals surface area contributed by atoms with Gasteiger partial charge in [-0.05, 0) is 48.5 Å². The quantitative estimate of drug-likeness (QED) is 0.122. The normalized spacial score (nSPS) is 12.0. The fourth-order valence-corrected chi connectivity index (χ4v) is 10.3. The van der Waals surface area contributed by atoms with Crippen LogP contribution in [0.3, 0.4) is 0 Å². The van der Waals surface area contributed by atoms with Crippen LogP contribution in [0.5, 0.6) is 0 Å². The van der Waals surface area contributed by atoms with Gasteiger partial charge in [0.15, 0.2) is 0 Å². The minimum absolute atomic E-state index is 0.0700. The average molecular weight is 864 g/mol. The number of rotatable bonds is 6. The molecule has 0 aliphatic rings. The fraction of sp³-hybridized carbons (Fsp3) is 0.0179. The lowest BCUT2D eigenvalue weighted by Crippen LogP contribution is -2.44. The van der Waals surface area contributed by atoms with E-state index >= 15 is 4.79 Å². The molecule has 314 valence electrons. The van der Waals surface area contributed by atoms with E-state index in [1.54, 1.807) is 4.57 Å². The Balaban J connectivity index is 1.09. The third kappa shape index (κ3) is 5.30. The molecule has 0 saturated heterocycles. The van der Waals surface area contributed by atoms with Crippen LogP contribution in [-0.4, -0.2) is 49.0 Å². The Morgan fingerprint density at radius 3 is 0.881 bits per heavy atom. The molecule has 6 aromatic heterocycles. The lowest BCUT2D eigenvalue weighted by Gasteiger charge is -2.13. The van der Waals surface area contributed by atoms with E-state index in [-0.39, 0.29) is 11.6 Å². The number of carbonyl (C=O) groups is 1. The fourth-order valence-electron chi connectivity index (χ4n) is 10.3. The van der Waals surface area contributed by atoms with Crippen molar-refractivity contribution in [3.63, 3.8) is 0 Å². The summed E-state index contributed by atoms with van der Waals surface area (Å²) in [6.07, 6.45) is 0. The summed E-state index contributed by atoms with van der Waals surface area (Å²) in [6.45, 7) is 0. The molecule has 0 N–H and O–H groups in total. The zero-order valence-electron chi connectivity index (χ0n) is 35.9. The van der Waals surface area contributed by atoms with E-state index in [1.807, 2.05) is 118 Å². The van der Waals surface area contributed by atoms with Gasteiger partial charge in [-0.1, -0.05) is 156 Å². The van der Waals surface area contributed by atoms with E-state index in [9.17, 15) is 0 Å². The molecule has 0 unspecified atom stereocenters. The van der Waals surface area contributed by atoms with E-state index in [4.69, 9.17) is 24.9 Å². The lowest BCUT2D eigenvalue weighted by atomic mass is 10.2. The number of carbonyl (C=O) groups excluding carboxylic acids is 1. The molecule has 8 aromatic carbocycles. The molecule has 14 rings (SSSR count). The van der Waals surface area contributed by atoms with Gasteiger partial charge in [-0.3, -0.25) is 18.5 Å². The molecule has 0 spiro atoms. The molecule has 0 fully saturated rings. The molecule has 0 bridgehead atoms. The van der Waals surface area contributed by atoms with Crippen LogP contribution in [0.15, 0.2) is 194 Å². The van der Waals surface area contributed by atoms with Crippen molar-refractivity contribution in [2.75, 3.05) is 0 Å². The number of para-hydroxylation sites is 8. The number of fused-ring (bicyclic) bond motifs is 12. The van der Waals surface area contributed by atoms with E-state index < -0.39 is 5.78 Å². The summed E-state index contributed by atoms with van der Waals surface area (Å²) >= 11 is 0. The Kier molecular flexibility index (Phi) is 7.79. The Morgan fingerprint density at radius 2 is 0.582 bits per heavy atom. The lowest BCUT2D eigenvalue weighted by molar-refractivity contribution is -0.673. The van der Waals surface area contributed by atoms with Crippen LogP contribution >= 0.6 is 0 Å². The Hall–Kier alpha value is -9.35. The summed E-state index contributed by atoms with van der Waals surface area (Å²) < 4.78 is 9.96. The summed E-state index contributed by atoms with van der Waals surface area (Å²) in [6, 6.07) is 65.7. The first-order chi connectivity index (χ1) is 33.1. The van der Waals surface area contributed by atoms with Gasteiger partial charge >= 0.3 is 11.9 Å². The molecule has 0 amide bonds. The molecule has 0 aliphatic carbocycles. The second kappa shape index (κ2) is 14.1. The second-order valence-electron chi connectivity index (χ2n) is 16.8. The summed E-state index contributed by atoms with van der Waals surface area (Å²) in [5.74, 6) is 0.946. The molecule has 0 saturated carbocycles. The van der Waals surface area contributed by atoms with E-state index in [2.05, 4.69) is 102 Å². The SMILES string of the molecule is C[n+]1c(C(=O)c2nc(-n3c4ccccc4c4ccccc43)nc(-n3c4ccccc4c4ccccc43)n2)nc(-n2c3ccccc3c3ccccc32)nc1-n1c2ccccc2c2ccccc21. The van der Waals surface area contributed by atoms with Crippen molar-refractivity contribution in [3.8, 4) is 23.8 Å². The molecule has 6 heterocycles. The minimum Gasteiger partial charge on any atom is -0.279 e. The summed E-state index contributed by atoms with van der Waals surface area (Å²) in [4.78, 5) is 42.2. The molecule has 11 heteroatoms. The summed E-state index contributed by atoms with van der Waals surface area (Å²) in [5, 5.41) is 8.38. The van der Waals surface area contributed by atoms with Crippen molar-refractivity contribution < 1.29 is 9.36 Å². The third-order valence-electron chi connectivity index (χ3n) is 13.2. The van der Waals surface area contributed by atoms with Crippen LogP contribution in [0.2, 0.25) is 0 Å². The zero-order chi connectivity index (χ0) is 44.3. The van der Waals surface area contributed by atoms with Crippen molar-refractivity contribution >= 4 is 93.0 Å². The van der Waals surface area contributed by atoms with Crippen molar-refractivity contribution in [2.45, 2.75) is 0 Å². The van der Waals surface area contributed by atoms with Crippen molar-refractivity contribution in [3.05, 3.63) is 206 Å². The van der Waals surface area contributed by atoms with Gasteiger partial charge in [-0.25, -0.2) is 9.13 Å². The summed E-state index contributed by atoms with van der Waals surface area (Å²) in [7, 11) is 1.84. The van der Waals surface area contributed by atoms with Crippen molar-refractivity contribution in [1.29, 1.82) is 0 Å². The van der Waals surface area contributed by atoms with Gasteiger partial charge in [-0.15, -0.1) is 0 Å². The maximum absolute atomic E-state index is 16.0. The van der Waals surface area contributed by atoms with Gasteiger partial charge in [0, 0.05) is 43.1 Å². The molecular formula is C56H35N10O+. The van der Waals surface area contributed by atoms with Gasteiger partial charge in [0.2, 0.25) is 17.7 Å². The van der Waals surface area contributed by atoms with Crippen LogP contribution in [0, 0.1) is 0 Å². The number of nitrogens with zero attached hydrogens (tertiary/aromatic N) is 10. The van der Waals surface area contributed by atoms with Crippen LogP contribution in [0.4, 0.5) is 0 Å². The summed E-state index contributed by atoms with van der Waals surface area (Å²) in [5.41, 5.74) is 7.29. The number of benzene rings is 8. The molecule has 0 aliphatic heterocycles. The van der Waals surface area contributed by atoms with Gasteiger partial charge in [0.1, 0.15) is 11.0 Å². The molecule has 67 heavy (non-hydrogen) atoms.